The summed E-state index contributed by atoms with van der Waals surface area (Å²) in [6, 6.07) is 2.24. The van der Waals surface area contributed by atoms with Gasteiger partial charge in [0.2, 0.25) is 5.91 Å². The molecule has 1 aromatic carbocycles. The Balaban J connectivity index is 1.50. The number of rotatable bonds is 6. The Kier molecular flexibility index (Phi) is 4.60. The van der Waals surface area contributed by atoms with Gasteiger partial charge >= 0.3 is 6.09 Å². The van der Waals surface area contributed by atoms with Crippen LogP contribution in [-0.2, 0) is 9.53 Å². The van der Waals surface area contributed by atoms with Crippen LogP contribution in [0.15, 0.2) is 23.4 Å². The maximum absolute atomic E-state index is 14.7. The van der Waals surface area contributed by atoms with E-state index in [0.717, 1.165) is 17.0 Å². The van der Waals surface area contributed by atoms with Crippen molar-refractivity contribution in [3.63, 3.8) is 0 Å². The number of cyclic esters (lactones) is 1. The number of nitrogens with one attached hydrogen (secondary N) is 1. The van der Waals surface area contributed by atoms with Crippen LogP contribution in [0.4, 0.5) is 19.3 Å². The summed E-state index contributed by atoms with van der Waals surface area (Å²) < 4.78 is 34.5. The number of nitroso groups, excluding NO2 is 1. The fourth-order valence-electron chi connectivity index (χ4n) is 4.21. The van der Waals surface area contributed by atoms with E-state index in [-0.39, 0.29) is 54.5 Å². The minimum absolute atomic E-state index is 0.0702. The number of nitrogens with zero attached hydrogens (tertiary/aromatic N) is 2. The van der Waals surface area contributed by atoms with Crippen LogP contribution in [0.25, 0.3) is 5.57 Å². The van der Waals surface area contributed by atoms with E-state index in [1.54, 1.807) is 0 Å². The smallest absolute Gasteiger partial charge is 0.414 e. The summed E-state index contributed by atoms with van der Waals surface area (Å²) in [5, 5.41) is 5.45. The summed E-state index contributed by atoms with van der Waals surface area (Å²) in [4.78, 5) is 34.5. The summed E-state index contributed by atoms with van der Waals surface area (Å²) in [7, 11) is 0. The Morgan fingerprint density at radius 1 is 1.36 bits per heavy atom. The first-order valence-corrected chi connectivity index (χ1v) is 9.11. The molecule has 1 saturated heterocycles. The van der Waals surface area contributed by atoms with Crippen molar-refractivity contribution in [1.82, 2.24) is 5.32 Å². The van der Waals surface area contributed by atoms with E-state index in [0.29, 0.717) is 12.0 Å². The summed E-state index contributed by atoms with van der Waals surface area (Å²) >= 11 is 0. The Morgan fingerprint density at radius 2 is 2.07 bits per heavy atom. The average molecular weight is 391 g/mol. The highest BCUT2D eigenvalue weighted by molar-refractivity contribution is 5.90. The molecule has 2 aliphatic carbocycles. The molecule has 4 rings (SSSR count). The Labute approximate surface area is 159 Å². The van der Waals surface area contributed by atoms with Gasteiger partial charge in [0.25, 0.3) is 0 Å². The molecule has 3 aliphatic rings. The van der Waals surface area contributed by atoms with Gasteiger partial charge in [-0.1, -0.05) is 11.3 Å². The molecule has 148 valence electrons. The van der Waals surface area contributed by atoms with Crippen LogP contribution in [0.1, 0.15) is 18.9 Å². The maximum atomic E-state index is 14.7. The predicted octanol–water partition coefficient (Wildman–Crippen LogP) is 2.84. The normalized spacial score (nSPS) is 27.9. The number of hydrogen-bond donors (Lipinski definition) is 1. The van der Waals surface area contributed by atoms with E-state index < -0.39 is 23.8 Å². The molecule has 4 atom stereocenters. The van der Waals surface area contributed by atoms with Crippen LogP contribution in [0.2, 0.25) is 0 Å². The lowest BCUT2D eigenvalue weighted by Gasteiger charge is -2.16. The second kappa shape index (κ2) is 6.96. The molecule has 1 aromatic rings. The van der Waals surface area contributed by atoms with E-state index in [4.69, 9.17) is 4.74 Å². The van der Waals surface area contributed by atoms with Crippen LogP contribution < -0.4 is 10.2 Å². The number of ether oxygens (including phenoxy) is 1. The van der Waals surface area contributed by atoms with Gasteiger partial charge in [-0.3, -0.25) is 9.69 Å². The molecule has 0 aromatic heterocycles. The van der Waals surface area contributed by atoms with Crippen LogP contribution in [0, 0.1) is 34.3 Å². The van der Waals surface area contributed by atoms with Crippen molar-refractivity contribution in [2.75, 3.05) is 24.5 Å². The average Bonchev–Trinajstić information content (AvgIpc) is 2.96. The van der Waals surface area contributed by atoms with Crippen molar-refractivity contribution in [2.45, 2.75) is 19.4 Å². The molecule has 9 heteroatoms. The minimum Gasteiger partial charge on any atom is -0.442 e. The van der Waals surface area contributed by atoms with Crippen LogP contribution in [0.5, 0.6) is 0 Å². The van der Waals surface area contributed by atoms with Gasteiger partial charge in [-0.15, -0.1) is 0 Å². The zero-order valence-electron chi connectivity index (χ0n) is 15.2. The van der Waals surface area contributed by atoms with Crippen molar-refractivity contribution in [3.05, 3.63) is 40.3 Å². The summed E-state index contributed by atoms with van der Waals surface area (Å²) in [6.07, 6.45) is 1.04. The molecular formula is C19H19F2N3O4. The van der Waals surface area contributed by atoms with E-state index in [1.165, 1.54) is 6.92 Å². The molecule has 7 nitrogen and oxygen atoms in total. The molecule has 0 unspecified atom stereocenters. The molecule has 0 radical (unpaired) electrons. The topological polar surface area (TPSA) is 88.1 Å². The maximum Gasteiger partial charge on any atom is 0.414 e. The van der Waals surface area contributed by atoms with Gasteiger partial charge in [0.05, 0.1) is 25.3 Å². The van der Waals surface area contributed by atoms with E-state index in [9.17, 15) is 23.3 Å². The minimum atomic E-state index is -0.745. The number of fused-ring (bicyclic) bond motifs is 1. The third-order valence-corrected chi connectivity index (χ3v) is 5.64. The Bertz CT molecular complexity index is 865. The number of carbonyl (C=O) groups excluding carboxylic acids is 2. The first-order valence-electron chi connectivity index (χ1n) is 9.11. The standard InChI is InChI=1S/C19H19F2N3O4/c1-9(25)22-6-12-8-24(19(26)28-12)11-4-16(20)18(17(21)5-11)10-2-13-14(3-10)15(13)7-23-27/h2,4-5,12-15H,3,6-8H2,1H3,(H,22,25)/t12-,13+,14-,15-/m0/s1. The number of anilines is 1. The molecule has 1 saturated carbocycles. The molecule has 2 amide bonds. The Hall–Kier alpha value is -2.84. The lowest BCUT2D eigenvalue weighted by Crippen LogP contribution is -2.33. The number of hydrogen-bond acceptors (Lipinski definition) is 5. The van der Waals surface area contributed by atoms with E-state index >= 15 is 0 Å². The quantitative estimate of drug-likeness (QED) is 0.756. The summed E-state index contributed by atoms with van der Waals surface area (Å²) in [6.45, 7) is 1.80. The molecule has 0 bridgehead atoms. The second-order valence-electron chi connectivity index (χ2n) is 7.45. The summed E-state index contributed by atoms with van der Waals surface area (Å²) in [5.74, 6) is -1.17. The fraction of sp³-hybridized carbons (Fsp3) is 0.474. The highest BCUT2D eigenvalue weighted by Gasteiger charge is 2.52. The zero-order chi connectivity index (χ0) is 20.0. The molecule has 1 heterocycles. The van der Waals surface area contributed by atoms with Crippen molar-refractivity contribution in [3.8, 4) is 0 Å². The molecular weight excluding hydrogens is 372 g/mol. The van der Waals surface area contributed by atoms with Gasteiger partial charge in [0, 0.05) is 12.5 Å². The van der Waals surface area contributed by atoms with Gasteiger partial charge in [0.1, 0.15) is 17.7 Å². The number of carbonyl (C=O) groups is 2. The number of allylic oxidation sites excluding steroid dienone is 2. The zero-order valence-corrected chi connectivity index (χ0v) is 15.2. The van der Waals surface area contributed by atoms with Gasteiger partial charge in [-0.2, -0.15) is 4.91 Å². The van der Waals surface area contributed by atoms with Gasteiger partial charge in [-0.05, 0) is 41.9 Å². The molecule has 2 fully saturated rings. The first-order chi connectivity index (χ1) is 13.4. The highest BCUT2D eigenvalue weighted by Crippen LogP contribution is 2.58. The van der Waals surface area contributed by atoms with Crippen molar-refractivity contribution in [1.29, 1.82) is 0 Å². The second-order valence-corrected chi connectivity index (χ2v) is 7.45. The molecule has 0 spiro atoms. The molecule has 1 N–H and O–H groups in total. The number of amides is 2. The van der Waals surface area contributed by atoms with Crippen molar-refractivity contribution >= 4 is 23.3 Å². The number of halogens is 2. The lowest BCUT2D eigenvalue weighted by molar-refractivity contribution is -0.119. The largest absolute Gasteiger partial charge is 0.442 e. The van der Waals surface area contributed by atoms with Crippen molar-refractivity contribution < 1.29 is 23.1 Å². The fourth-order valence-corrected chi connectivity index (χ4v) is 4.21. The molecule has 1 aliphatic heterocycles. The predicted molar refractivity (Wildman–Crippen MR) is 96.4 cm³/mol. The number of benzene rings is 1. The highest BCUT2D eigenvalue weighted by atomic mass is 19.1. The SMILES string of the molecule is CC(=O)NC[C@H]1CN(c2cc(F)c(C3=C[C@H]4[C@H](CN=O)[C@H]4C3)c(F)c2)C(=O)O1. The Morgan fingerprint density at radius 3 is 2.64 bits per heavy atom. The van der Waals surface area contributed by atoms with Gasteiger partial charge < -0.3 is 10.1 Å². The van der Waals surface area contributed by atoms with E-state index in [1.807, 2.05) is 6.08 Å². The monoisotopic (exact) mass is 391 g/mol. The summed E-state index contributed by atoms with van der Waals surface area (Å²) in [5.41, 5.74) is 0.572. The van der Waals surface area contributed by atoms with Gasteiger partial charge in [-0.25, -0.2) is 13.6 Å². The molecule has 28 heavy (non-hydrogen) atoms. The lowest BCUT2D eigenvalue weighted by atomic mass is 9.99. The van der Waals surface area contributed by atoms with Crippen LogP contribution in [0.3, 0.4) is 0 Å². The van der Waals surface area contributed by atoms with Crippen LogP contribution in [-0.4, -0.2) is 37.7 Å². The van der Waals surface area contributed by atoms with Gasteiger partial charge in [0.15, 0.2) is 0 Å². The third kappa shape index (κ3) is 3.25. The van der Waals surface area contributed by atoms with E-state index in [2.05, 4.69) is 10.5 Å². The third-order valence-electron chi connectivity index (χ3n) is 5.64. The van der Waals surface area contributed by atoms with Crippen molar-refractivity contribution in [2.24, 2.45) is 22.9 Å². The first kappa shape index (κ1) is 18.5. The van der Waals surface area contributed by atoms with Crippen LogP contribution >= 0.6 is 0 Å².